The molecule has 1 fully saturated rings. The predicted octanol–water partition coefficient (Wildman–Crippen LogP) is 1.90. The fourth-order valence-electron chi connectivity index (χ4n) is 2.46. The first-order valence-electron chi connectivity index (χ1n) is 5.58. The van der Waals surface area contributed by atoms with Gasteiger partial charge < -0.3 is 10.2 Å². The van der Waals surface area contributed by atoms with E-state index in [1.807, 2.05) is 0 Å². The lowest BCUT2D eigenvalue weighted by Crippen LogP contribution is -2.40. The number of anilines is 1. The van der Waals surface area contributed by atoms with Crippen LogP contribution in [0.15, 0.2) is 18.2 Å². The van der Waals surface area contributed by atoms with E-state index in [2.05, 4.69) is 5.32 Å². The molecule has 0 unspecified atom stereocenters. The van der Waals surface area contributed by atoms with Crippen molar-refractivity contribution in [1.29, 1.82) is 0 Å². The molecule has 0 radical (unpaired) electrons. The van der Waals surface area contributed by atoms with Gasteiger partial charge in [-0.2, -0.15) is 0 Å². The van der Waals surface area contributed by atoms with Gasteiger partial charge in [-0.15, -0.1) is 0 Å². The number of fused-ring (bicyclic) bond motifs is 2. The second-order valence-corrected chi connectivity index (χ2v) is 4.77. The van der Waals surface area contributed by atoms with Crippen LogP contribution in [-0.2, 0) is 4.79 Å². The topological polar surface area (TPSA) is 49.4 Å². The Morgan fingerprint density at radius 2 is 2.18 bits per heavy atom. The van der Waals surface area contributed by atoms with Crippen LogP contribution in [-0.4, -0.2) is 29.3 Å². The highest BCUT2D eigenvalue weighted by molar-refractivity contribution is 6.31. The molecule has 0 bridgehead atoms. The van der Waals surface area contributed by atoms with E-state index in [-0.39, 0.29) is 17.9 Å². The first kappa shape index (κ1) is 10.6. The molecule has 4 nitrogen and oxygen atoms in total. The van der Waals surface area contributed by atoms with Gasteiger partial charge in [0.25, 0.3) is 5.91 Å². The molecule has 1 aromatic rings. The van der Waals surface area contributed by atoms with E-state index in [0.717, 1.165) is 12.8 Å². The lowest BCUT2D eigenvalue weighted by Gasteiger charge is -2.19. The summed E-state index contributed by atoms with van der Waals surface area (Å²) in [7, 11) is 0. The fourth-order valence-corrected chi connectivity index (χ4v) is 2.63. The Kier molecular flexibility index (Phi) is 2.33. The molecule has 88 valence electrons. The zero-order valence-electron chi connectivity index (χ0n) is 9.07. The highest BCUT2D eigenvalue weighted by Crippen LogP contribution is 2.30. The summed E-state index contributed by atoms with van der Waals surface area (Å²) in [4.78, 5) is 25.9. The molecule has 1 aromatic carbocycles. The van der Waals surface area contributed by atoms with E-state index < -0.39 is 0 Å². The molecule has 1 N–H and O–H groups in total. The normalized spacial score (nSPS) is 22.9. The lowest BCUT2D eigenvalue weighted by molar-refractivity contribution is -0.119. The number of carbonyl (C=O) groups is 2. The predicted molar refractivity (Wildman–Crippen MR) is 64.1 cm³/mol. The highest BCUT2D eigenvalue weighted by atomic mass is 35.5. The summed E-state index contributed by atoms with van der Waals surface area (Å²) in [6, 6.07) is 4.63. The molecule has 2 aliphatic rings. The van der Waals surface area contributed by atoms with Crippen molar-refractivity contribution in [3.63, 3.8) is 0 Å². The quantitative estimate of drug-likeness (QED) is 0.765. The number of halogens is 1. The number of nitrogens with one attached hydrogen (secondary N) is 1. The maximum atomic E-state index is 12.3. The zero-order chi connectivity index (χ0) is 12.0. The Balaban J connectivity index is 2.12. The molecule has 0 aromatic heterocycles. The summed E-state index contributed by atoms with van der Waals surface area (Å²) in [6.45, 7) is 0.642. The molecule has 5 heteroatoms. The molecule has 0 aliphatic carbocycles. The van der Waals surface area contributed by atoms with E-state index in [9.17, 15) is 9.59 Å². The van der Waals surface area contributed by atoms with E-state index in [1.165, 1.54) is 0 Å². The summed E-state index contributed by atoms with van der Waals surface area (Å²) in [6.07, 6.45) is 1.61. The van der Waals surface area contributed by atoms with Gasteiger partial charge in [-0.3, -0.25) is 9.59 Å². The smallest absolute Gasteiger partial charge is 0.256 e. The monoisotopic (exact) mass is 250 g/mol. The van der Waals surface area contributed by atoms with Gasteiger partial charge in [-0.1, -0.05) is 11.6 Å². The number of carbonyl (C=O) groups excluding carboxylic acids is 2. The summed E-state index contributed by atoms with van der Waals surface area (Å²) < 4.78 is 0. The largest absolute Gasteiger partial charge is 0.327 e. The third-order valence-corrected chi connectivity index (χ3v) is 3.52. The Hall–Kier alpha value is -1.55. The Bertz CT molecular complexity index is 515. The fraction of sp³-hybridized carbons (Fsp3) is 0.333. The lowest BCUT2D eigenvalue weighted by atomic mass is 10.1. The van der Waals surface area contributed by atoms with Gasteiger partial charge in [-0.05, 0) is 31.0 Å². The van der Waals surface area contributed by atoms with E-state index in [4.69, 9.17) is 11.6 Å². The standard InChI is InChI=1S/C12H11ClN2O2/c13-7-3-4-9-8(6-7)12(17)15-5-1-2-10(15)11(16)14-9/h3-4,6,10H,1-2,5H2,(H,14,16)/t10-/m1/s1. The van der Waals surface area contributed by atoms with Crippen molar-refractivity contribution in [3.8, 4) is 0 Å². The first-order chi connectivity index (χ1) is 8.16. The van der Waals surface area contributed by atoms with Crippen molar-refractivity contribution in [2.75, 3.05) is 11.9 Å². The molecule has 2 amide bonds. The summed E-state index contributed by atoms with van der Waals surface area (Å²) in [5.41, 5.74) is 1.04. The van der Waals surface area contributed by atoms with Crippen molar-refractivity contribution in [1.82, 2.24) is 4.90 Å². The SMILES string of the molecule is O=C1Nc2ccc(Cl)cc2C(=O)N2CCC[C@H]12. The molecule has 3 rings (SSSR count). The third kappa shape index (κ3) is 1.60. The number of benzene rings is 1. The van der Waals surface area contributed by atoms with Crippen LogP contribution in [0, 0.1) is 0 Å². The summed E-state index contributed by atoms with van der Waals surface area (Å²) in [5, 5.41) is 3.30. The molecule has 0 spiro atoms. The highest BCUT2D eigenvalue weighted by Gasteiger charge is 2.38. The maximum absolute atomic E-state index is 12.3. The van der Waals surface area contributed by atoms with Crippen LogP contribution >= 0.6 is 11.6 Å². The van der Waals surface area contributed by atoms with E-state index in [0.29, 0.717) is 22.8 Å². The first-order valence-corrected chi connectivity index (χ1v) is 5.96. The van der Waals surface area contributed by atoms with Crippen LogP contribution in [0.1, 0.15) is 23.2 Å². The number of hydrogen-bond acceptors (Lipinski definition) is 2. The van der Waals surface area contributed by atoms with Gasteiger partial charge >= 0.3 is 0 Å². The zero-order valence-corrected chi connectivity index (χ0v) is 9.83. The van der Waals surface area contributed by atoms with Gasteiger partial charge in [0.15, 0.2) is 0 Å². The average molecular weight is 251 g/mol. The minimum absolute atomic E-state index is 0.100. The molecule has 0 saturated carbocycles. The van der Waals surface area contributed by atoms with Crippen molar-refractivity contribution >= 4 is 29.1 Å². The Morgan fingerprint density at radius 1 is 1.35 bits per heavy atom. The molecule has 2 aliphatic heterocycles. The van der Waals surface area contributed by atoms with Crippen LogP contribution < -0.4 is 5.32 Å². The van der Waals surface area contributed by atoms with E-state index in [1.54, 1.807) is 23.1 Å². The van der Waals surface area contributed by atoms with Gasteiger partial charge in [0, 0.05) is 11.6 Å². The van der Waals surface area contributed by atoms with Crippen LogP contribution in [0.4, 0.5) is 5.69 Å². The molecule has 1 saturated heterocycles. The molecular weight excluding hydrogens is 240 g/mol. The molecule has 2 heterocycles. The van der Waals surface area contributed by atoms with Crippen molar-refractivity contribution in [2.45, 2.75) is 18.9 Å². The van der Waals surface area contributed by atoms with Crippen molar-refractivity contribution in [3.05, 3.63) is 28.8 Å². The van der Waals surface area contributed by atoms with Crippen LogP contribution in [0.5, 0.6) is 0 Å². The maximum Gasteiger partial charge on any atom is 0.256 e. The third-order valence-electron chi connectivity index (χ3n) is 3.29. The Labute approximate surface area is 104 Å². The van der Waals surface area contributed by atoms with Crippen molar-refractivity contribution in [2.24, 2.45) is 0 Å². The second-order valence-electron chi connectivity index (χ2n) is 4.34. The number of nitrogens with zero attached hydrogens (tertiary/aromatic N) is 1. The number of amides is 2. The average Bonchev–Trinajstić information content (AvgIpc) is 2.76. The molecular formula is C12H11ClN2O2. The van der Waals surface area contributed by atoms with Crippen LogP contribution in [0.25, 0.3) is 0 Å². The van der Waals surface area contributed by atoms with Gasteiger partial charge in [0.2, 0.25) is 5.91 Å². The second kappa shape index (κ2) is 3.74. The van der Waals surface area contributed by atoms with Crippen LogP contribution in [0.3, 0.4) is 0 Å². The minimum Gasteiger partial charge on any atom is -0.327 e. The van der Waals surface area contributed by atoms with Gasteiger partial charge in [0.1, 0.15) is 6.04 Å². The number of hydrogen-bond donors (Lipinski definition) is 1. The van der Waals surface area contributed by atoms with Crippen molar-refractivity contribution < 1.29 is 9.59 Å². The van der Waals surface area contributed by atoms with Crippen LogP contribution in [0.2, 0.25) is 5.02 Å². The van der Waals surface area contributed by atoms with E-state index >= 15 is 0 Å². The Morgan fingerprint density at radius 3 is 3.00 bits per heavy atom. The summed E-state index contributed by atoms with van der Waals surface area (Å²) >= 11 is 5.89. The molecule has 17 heavy (non-hydrogen) atoms. The number of rotatable bonds is 0. The van der Waals surface area contributed by atoms with Gasteiger partial charge in [-0.25, -0.2) is 0 Å². The minimum atomic E-state index is -0.325. The summed E-state index contributed by atoms with van der Waals surface area (Å²) in [5.74, 6) is -0.208. The van der Waals surface area contributed by atoms with Gasteiger partial charge in [0.05, 0.1) is 11.3 Å². The molecule has 1 atom stereocenters.